The third-order valence-corrected chi connectivity index (χ3v) is 7.81. The van der Waals surface area contributed by atoms with Crippen molar-refractivity contribution in [3.8, 4) is 0 Å². The Balaban J connectivity index is 1.51. The first-order chi connectivity index (χ1) is 15.9. The molecule has 33 heavy (non-hydrogen) atoms. The lowest BCUT2D eigenvalue weighted by Gasteiger charge is -2.36. The predicted octanol–water partition coefficient (Wildman–Crippen LogP) is 2.59. The van der Waals surface area contributed by atoms with Gasteiger partial charge in [-0.15, -0.1) is 0 Å². The van der Waals surface area contributed by atoms with Crippen LogP contribution in [0.5, 0.6) is 0 Å². The summed E-state index contributed by atoms with van der Waals surface area (Å²) in [6.45, 7) is 2.67. The number of rotatable bonds is 3. The summed E-state index contributed by atoms with van der Waals surface area (Å²) in [5.41, 5.74) is 1.50. The Labute approximate surface area is 189 Å². The Hall–Kier alpha value is -3.59. The number of amides is 3. The lowest BCUT2D eigenvalue weighted by Crippen LogP contribution is -2.54. The Morgan fingerprint density at radius 3 is 2.58 bits per heavy atom. The van der Waals surface area contributed by atoms with Crippen LogP contribution in [-0.2, 0) is 26.3 Å². The van der Waals surface area contributed by atoms with Gasteiger partial charge in [-0.25, -0.2) is 4.90 Å². The standard InChI is InChI=1S/C24H22N4O5/c1-2-13-5-3-6-16-20(13)25-23(31)24(16)19-18(17-7-4-12-26(17)24)21(29)27(22(19)30)14-8-10-15(11-9-14)28(32)33/h3,5-6,8-11,17-19H,2,4,7,12H2,1H3,(H,25,31)/t17-,18+,19-,24-/m0/s1. The van der Waals surface area contributed by atoms with E-state index in [2.05, 4.69) is 10.2 Å². The number of non-ortho nitro benzene ring substituents is 1. The molecule has 2 aromatic rings. The van der Waals surface area contributed by atoms with Crippen LogP contribution in [0.2, 0.25) is 0 Å². The van der Waals surface area contributed by atoms with Crippen LogP contribution in [0.4, 0.5) is 17.1 Å². The minimum atomic E-state index is -1.21. The summed E-state index contributed by atoms with van der Waals surface area (Å²) in [5, 5.41) is 14.1. The summed E-state index contributed by atoms with van der Waals surface area (Å²) in [7, 11) is 0. The number of nitrogens with one attached hydrogen (secondary N) is 1. The molecular formula is C24H22N4O5. The molecule has 0 aromatic heterocycles. The number of aryl methyl sites for hydroxylation is 1. The van der Waals surface area contributed by atoms with Crippen LogP contribution >= 0.6 is 0 Å². The van der Waals surface area contributed by atoms with Crippen LogP contribution in [0, 0.1) is 22.0 Å². The molecule has 3 saturated heterocycles. The molecule has 2 aromatic carbocycles. The first-order valence-corrected chi connectivity index (χ1v) is 11.2. The van der Waals surface area contributed by atoms with Crippen LogP contribution in [0.25, 0.3) is 0 Å². The van der Waals surface area contributed by atoms with E-state index in [1.54, 1.807) is 0 Å². The van der Waals surface area contributed by atoms with E-state index in [9.17, 15) is 24.5 Å². The zero-order valence-corrected chi connectivity index (χ0v) is 18.0. The molecule has 0 saturated carbocycles. The van der Waals surface area contributed by atoms with Crippen LogP contribution in [0.15, 0.2) is 42.5 Å². The van der Waals surface area contributed by atoms with E-state index in [-0.39, 0.29) is 23.5 Å². The molecule has 4 aliphatic heterocycles. The second-order valence-electron chi connectivity index (χ2n) is 9.11. The zero-order valence-electron chi connectivity index (χ0n) is 18.0. The van der Waals surface area contributed by atoms with E-state index in [4.69, 9.17) is 0 Å². The second-order valence-corrected chi connectivity index (χ2v) is 9.11. The number of nitro benzene ring substituents is 1. The molecule has 9 heteroatoms. The third-order valence-electron chi connectivity index (χ3n) is 7.81. The number of para-hydroxylation sites is 1. The van der Waals surface area contributed by atoms with Gasteiger partial charge in [0, 0.05) is 29.4 Å². The quantitative estimate of drug-likeness (QED) is 0.441. The van der Waals surface area contributed by atoms with Crippen molar-refractivity contribution < 1.29 is 19.3 Å². The van der Waals surface area contributed by atoms with Crippen molar-refractivity contribution in [1.29, 1.82) is 0 Å². The van der Waals surface area contributed by atoms with E-state index in [1.807, 2.05) is 25.1 Å². The summed E-state index contributed by atoms with van der Waals surface area (Å²) in [6.07, 6.45) is 2.33. The highest BCUT2D eigenvalue weighted by molar-refractivity contribution is 6.26. The van der Waals surface area contributed by atoms with Crippen LogP contribution in [-0.4, -0.2) is 40.1 Å². The van der Waals surface area contributed by atoms with Crippen molar-refractivity contribution in [3.05, 3.63) is 63.7 Å². The maximum atomic E-state index is 13.9. The fraction of sp³-hybridized carbons (Fsp3) is 0.375. The van der Waals surface area contributed by atoms with Crippen molar-refractivity contribution in [3.63, 3.8) is 0 Å². The van der Waals surface area contributed by atoms with Crippen molar-refractivity contribution in [1.82, 2.24) is 4.90 Å². The minimum Gasteiger partial charge on any atom is -0.324 e. The summed E-state index contributed by atoms with van der Waals surface area (Å²) >= 11 is 0. The molecule has 0 aliphatic carbocycles. The number of anilines is 2. The third kappa shape index (κ3) is 2.32. The molecule has 0 bridgehead atoms. The van der Waals surface area contributed by atoms with Crippen molar-refractivity contribution in [2.75, 3.05) is 16.8 Å². The average Bonchev–Trinajstić information content (AvgIpc) is 3.52. The van der Waals surface area contributed by atoms with Gasteiger partial charge in [0.2, 0.25) is 17.7 Å². The largest absolute Gasteiger partial charge is 0.324 e. The normalized spacial score (nSPS) is 30.0. The first kappa shape index (κ1) is 20.0. The summed E-state index contributed by atoms with van der Waals surface area (Å²) < 4.78 is 0. The SMILES string of the molecule is CCc1cccc2c1NC(=O)[C@@]21[C@@H]2C(=O)N(c3ccc([N+](=O)[O-])cc3)C(=O)[C@@H]2[C@@H]2CCCN21. The van der Waals surface area contributed by atoms with Gasteiger partial charge in [-0.2, -0.15) is 0 Å². The van der Waals surface area contributed by atoms with Gasteiger partial charge in [-0.05, 0) is 43.5 Å². The molecule has 4 aliphatic rings. The number of carbonyl (C=O) groups excluding carboxylic acids is 3. The number of fused-ring (bicyclic) bond motifs is 7. The fourth-order valence-electron chi connectivity index (χ4n) is 6.56. The summed E-state index contributed by atoms with van der Waals surface area (Å²) in [5.74, 6) is -2.46. The van der Waals surface area contributed by atoms with Crippen LogP contribution in [0.3, 0.4) is 0 Å². The molecule has 1 N–H and O–H groups in total. The van der Waals surface area contributed by atoms with Gasteiger partial charge in [0.05, 0.1) is 22.4 Å². The number of hydrogen-bond donors (Lipinski definition) is 1. The summed E-state index contributed by atoms with van der Waals surface area (Å²) in [6, 6.07) is 11.0. The number of nitro groups is 1. The van der Waals surface area contributed by atoms with Gasteiger partial charge < -0.3 is 5.32 Å². The topological polar surface area (TPSA) is 113 Å². The van der Waals surface area contributed by atoms with Gasteiger partial charge in [0.25, 0.3) is 5.69 Å². The number of nitrogens with zero attached hydrogens (tertiary/aromatic N) is 3. The molecule has 3 fully saturated rings. The number of carbonyl (C=O) groups is 3. The van der Waals surface area contributed by atoms with Gasteiger partial charge in [-0.1, -0.05) is 25.1 Å². The zero-order chi connectivity index (χ0) is 23.1. The maximum absolute atomic E-state index is 13.9. The molecule has 4 heterocycles. The number of imide groups is 1. The Morgan fingerprint density at radius 1 is 1.12 bits per heavy atom. The lowest BCUT2D eigenvalue weighted by molar-refractivity contribution is -0.384. The monoisotopic (exact) mass is 446 g/mol. The smallest absolute Gasteiger partial charge is 0.269 e. The average molecular weight is 446 g/mol. The van der Waals surface area contributed by atoms with Crippen molar-refractivity contribution in [2.24, 2.45) is 11.8 Å². The predicted molar refractivity (Wildman–Crippen MR) is 118 cm³/mol. The fourth-order valence-corrected chi connectivity index (χ4v) is 6.56. The van der Waals surface area contributed by atoms with Gasteiger partial charge in [0.15, 0.2) is 0 Å². The first-order valence-electron chi connectivity index (χ1n) is 11.2. The number of benzene rings is 2. The van der Waals surface area contributed by atoms with E-state index >= 15 is 0 Å². The molecule has 1 spiro atoms. The Morgan fingerprint density at radius 2 is 1.88 bits per heavy atom. The van der Waals surface area contributed by atoms with E-state index in [0.29, 0.717) is 12.2 Å². The van der Waals surface area contributed by atoms with E-state index < -0.39 is 28.2 Å². The molecule has 0 radical (unpaired) electrons. The van der Waals surface area contributed by atoms with Gasteiger partial charge >= 0.3 is 0 Å². The van der Waals surface area contributed by atoms with E-state index in [0.717, 1.165) is 41.0 Å². The Kier molecular flexibility index (Phi) is 4.08. The highest BCUT2D eigenvalue weighted by atomic mass is 16.6. The molecular weight excluding hydrogens is 424 g/mol. The van der Waals surface area contributed by atoms with Crippen molar-refractivity contribution in [2.45, 2.75) is 37.8 Å². The maximum Gasteiger partial charge on any atom is 0.269 e. The highest BCUT2D eigenvalue weighted by Crippen LogP contribution is 2.61. The molecule has 3 amide bonds. The summed E-state index contributed by atoms with van der Waals surface area (Å²) in [4.78, 5) is 55.0. The second kappa shape index (κ2) is 6.71. The molecule has 6 rings (SSSR count). The van der Waals surface area contributed by atoms with Gasteiger partial charge in [-0.3, -0.25) is 29.4 Å². The van der Waals surface area contributed by atoms with Crippen LogP contribution in [0.1, 0.15) is 30.9 Å². The highest BCUT2D eigenvalue weighted by Gasteiger charge is 2.74. The molecule has 9 nitrogen and oxygen atoms in total. The Bertz CT molecular complexity index is 1240. The lowest BCUT2D eigenvalue weighted by atomic mass is 9.75. The van der Waals surface area contributed by atoms with E-state index in [1.165, 1.54) is 24.3 Å². The molecule has 168 valence electrons. The minimum absolute atomic E-state index is 0.118. The number of hydrogen-bond acceptors (Lipinski definition) is 6. The van der Waals surface area contributed by atoms with Crippen molar-refractivity contribution >= 4 is 34.8 Å². The van der Waals surface area contributed by atoms with Crippen LogP contribution < -0.4 is 10.2 Å². The molecule has 4 atom stereocenters. The van der Waals surface area contributed by atoms with Gasteiger partial charge in [0.1, 0.15) is 5.54 Å². The molecule has 0 unspecified atom stereocenters.